The standard InChI is InChI=1S/C12H10N2O2S/c15-17(16,12-6-2-1-3-7-12)14-10-11-5-4-8-13-9-11/h1-10H. The second-order valence-corrected chi connectivity index (χ2v) is 4.94. The third kappa shape index (κ3) is 2.98. The van der Waals surface area contributed by atoms with Gasteiger partial charge in [0.15, 0.2) is 0 Å². The predicted octanol–water partition coefficient (Wildman–Crippen LogP) is 1.89. The summed E-state index contributed by atoms with van der Waals surface area (Å²) in [6, 6.07) is 11.5. The fourth-order valence-electron chi connectivity index (χ4n) is 1.24. The van der Waals surface area contributed by atoms with Crippen molar-refractivity contribution in [2.24, 2.45) is 4.40 Å². The Morgan fingerprint density at radius 3 is 2.47 bits per heavy atom. The zero-order chi connectivity index (χ0) is 12.1. The molecule has 0 atom stereocenters. The average molecular weight is 246 g/mol. The van der Waals surface area contributed by atoms with E-state index in [1.807, 2.05) is 0 Å². The number of benzene rings is 1. The molecule has 2 rings (SSSR count). The first-order valence-corrected chi connectivity index (χ1v) is 6.38. The molecule has 0 amide bonds. The lowest BCUT2D eigenvalue weighted by Gasteiger charge is -1.97. The molecule has 0 spiro atoms. The van der Waals surface area contributed by atoms with Crippen molar-refractivity contribution >= 4 is 16.2 Å². The number of aromatic nitrogens is 1. The largest absolute Gasteiger partial charge is 0.282 e. The molecule has 0 aliphatic carbocycles. The van der Waals surface area contributed by atoms with Crippen LogP contribution in [0.4, 0.5) is 0 Å². The topological polar surface area (TPSA) is 59.4 Å². The third-order valence-corrected chi connectivity index (χ3v) is 3.32. The van der Waals surface area contributed by atoms with E-state index in [9.17, 15) is 8.42 Å². The summed E-state index contributed by atoms with van der Waals surface area (Å²) in [5.41, 5.74) is 0.645. The van der Waals surface area contributed by atoms with Gasteiger partial charge in [0.05, 0.1) is 4.90 Å². The molecule has 0 N–H and O–H groups in total. The maximum atomic E-state index is 11.8. The highest BCUT2D eigenvalue weighted by atomic mass is 32.2. The van der Waals surface area contributed by atoms with Crippen molar-refractivity contribution in [1.29, 1.82) is 0 Å². The van der Waals surface area contributed by atoms with Crippen LogP contribution < -0.4 is 0 Å². The molecule has 1 heterocycles. The molecule has 0 fully saturated rings. The number of sulfonamides is 1. The average Bonchev–Trinajstić information content (AvgIpc) is 2.39. The van der Waals surface area contributed by atoms with Crippen molar-refractivity contribution in [2.45, 2.75) is 4.90 Å². The number of rotatable bonds is 3. The molecule has 1 aromatic heterocycles. The Balaban J connectivity index is 2.28. The summed E-state index contributed by atoms with van der Waals surface area (Å²) in [5, 5.41) is 0. The van der Waals surface area contributed by atoms with Gasteiger partial charge in [-0.2, -0.15) is 12.8 Å². The van der Waals surface area contributed by atoms with Crippen molar-refractivity contribution in [3.05, 3.63) is 60.4 Å². The fourth-order valence-corrected chi connectivity index (χ4v) is 2.12. The number of nitrogens with zero attached hydrogens (tertiary/aromatic N) is 2. The summed E-state index contributed by atoms with van der Waals surface area (Å²) in [4.78, 5) is 4.05. The minimum absolute atomic E-state index is 0.181. The van der Waals surface area contributed by atoms with Crippen LogP contribution in [0.1, 0.15) is 5.56 Å². The number of hydrogen-bond acceptors (Lipinski definition) is 3. The van der Waals surface area contributed by atoms with Crippen molar-refractivity contribution in [3.63, 3.8) is 0 Å². The minimum atomic E-state index is -3.62. The maximum Gasteiger partial charge on any atom is 0.282 e. The van der Waals surface area contributed by atoms with Gasteiger partial charge >= 0.3 is 0 Å². The summed E-state index contributed by atoms with van der Waals surface area (Å²) in [5.74, 6) is 0. The van der Waals surface area contributed by atoms with Gasteiger partial charge in [0.1, 0.15) is 0 Å². The lowest BCUT2D eigenvalue weighted by atomic mass is 10.3. The van der Waals surface area contributed by atoms with Crippen LogP contribution in [-0.4, -0.2) is 19.6 Å². The van der Waals surface area contributed by atoms with E-state index in [0.29, 0.717) is 5.56 Å². The van der Waals surface area contributed by atoms with Crippen LogP contribution in [0.25, 0.3) is 0 Å². The van der Waals surface area contributed by atoms with E-state index in [2.05, 4.69) is 9.38 Å². The Morgan fingerprint density at radius 2 is 1.82 bits per heavy atom. The van der Waals surface area contributed by atoms with Crippen molar-refractivity contribution in [2.75, 3.05) is 0 Å². The first kappa shape index (κ1) is 11.5. The molecule has 5 heteroatoms. The molecule has 0 unspecified atom stereocenters. The highest BCUT2D eigenvalue weighted by molar-refractivity contribution is 7.90. The normalized spacial score (nSPS) is 11.8. The van der Waals surface area contributed by atoms with Gasteiger partial charge in [0, 0.05) is 24.2 Å². The van der Waals surface area contributed by atoms with Gasteiger partial charge in [-0.3, -0.25) is 4.98 Å². The Bertz CT molecular complexity index is 607. The molecular weight excluding hydrogens is 236 g/mol. The van der Waals surface area contributed by atoms with E-state index >= 15 is 0 Å². The molecule has 17 heavy (non-hydrogen) atoms. The molecule has 0 saturated heterocycles. The molecule has 4 nitrogen and oxygen atoms in total. The maximum absolute atomic E-state index is 11.8. The van der Waals surface area contributed by atoms with Crippen LogP contribution in [0.5, 0.6) is 0 Å². The quantitative estimate of drug-likeness (QED) is 0.777. The summed E-state index contributed by atoms with van der Waals surface area (Å²) in [7, 11) is -3.62. The van der Waals surface area contributed by atoms with Crippen LogP contribution in [-0.2, 0) is 10.0 Å². The van der Waals surface area contributed by atoms with E-state index in [1.165, 1.54) is 18.3 Å². The molecule has 2 aromatic rings. The summed E-state index contributed by atoms with van der Waals surface area (Å²) in [6.45, 7) is 0. The van der Waals surface area contributed by atoms with E-state index < -0.39 is 10.0 Å². The van der Waals surface area contributed by atoms with Gasteiger partial charge in [-0.25, -0.2) is 0 Å². The van der Waals surface area contributed by atoms with Gasteiger partial charge < -0.3 is 0 Å². The molecular formula is C12H10N2O2S. The molecule has 0 radical (unpaired) electrons. The number of pyridine rings is 1. The summed E-state index contributed by atoms with van der Waals surface area (Å²) < 4.78 is 27.2. The van der Waals surface area contributed by atoms with Crippen LogP contribution >= 0.6 is 0 Å². The second-order valence-electron chi connectivity index (χ2n) is 3.31. The monoisotopic (exact) mass is 246 g/mol. The van der Waals surface area contributed by atoms with E-state index in [-0.39, 0.29) is 4.90 Å². The van der Waals surface area contributed by atoms with Crippen LogP contribution in [0, 0.1) is 0 Å². The fraction of sp³-hybridized carbons (Fsp3) is 0. The molecule has 86 valence electrons. The van der Waals surface area contributed by atoms with Crippen molar-refractivity contribution in [1.82, 2.24) is 4.98 Å². The molecule has 0 saturated carbocycles. The predicted molar refractivity (Wildman–Crippen MR) is 65.5 cm³/mol. The first-order valence-electron chi connectivity index (χ1n) is 4.94. The van der Waals surface area contributed by atoms with Gasteiger partial charge in [0.2, 0.25) is 0 Å². The van der Waals surface area contributed by atoms with Crippen LogP contribution in [0.3, 0.4) is 0 Å². The smallest absolute Gasteiger partial charge is 0.264 e. The molecule has 0 bridgehead atoms. The third-order valence-electron chi connectivity index (χ3n) is 2.07. The van der Waals surface area contributed by atoms with Crippen molar-refractivity contribution in [3.8, 4) is 0 Å². The molecule has 0 aliphatic rings. The zero-order valence-electron chi connectivity index (χ0n) is 8.89. The highest BCUT2D eigenvalue weighted by Crippen LogP contribution is 2.10. The van der Waals surface area contributed by atoms with Gasteiger partial charge in [0.25, 0.3) is 10.0 Å². The Hall–Kier alpha value is -2.01. The summed E-state index contributed by atoms with van der Waals surface area (Å²) >= 11 is 0. The van der Waals surface area contributed by atoms with Gasteiger partial charge in [-0.05, 0) is 18.2 Å². The SMILES string of the molecule is O=S(=O)(N=Cc1cccnc1)c1ccccc1. The Labute approximate surface area is 99.7 Å². The van der Waals surface area contributed by atoms with E-state index in [4.69, 9.17) is 0 Å². The van der Waals surface area contributed by atoms with Gasteiger partial charge in [-0.15, -0.1) is 0 Å². The van der Waals surface area contributed by atoms with E-state index in [0.717, 1.165) is 0 Å². The number of hydrogen-bond donors (Lipinski definition) is 0. The second kappa shape index (κ2) is 4.88. The van der Waals surface area contributed by atoms with Crippen molar-refractivity contribution < 1.29 is 8.42 Å². The Morgan fingerprint density at radius 1 is 1.06 bits per heavy atom. The zero-order valence-corrected chi connectivity index (χ0v) is 9.71. The molecule has 1 aromatic carbocycles. The lowest BCUT2D eigenvalue weighted by molar-refractivity contribution is 0.598. The summed E-state index contributed by atoms with van der Waals surface area (Å²) in [6.07, 6.45) is 4.45. The first-order chi connectivity index (χ1) is 8.18. The van der Waals surface area contributed by atoms with Crippen LogP contribution in [0.2, 0.25) is 0 Å². The van der Waals surface area contributed by atoms with E-state index in [1.54, 1.807) is 42.7 Å². The lowest BCUT2D eigenvalue weighted by Crippen LogP contribution is -1.97. The van der Waals surface area contributed by atoms with Crippen LogP contribution in [0.15, 0.2) is 64.2 Å². The minimum Gasteiger partial charge on any atom is -0.264 e. The Kier molecular flexibility index (Phi) is 3.30. The van der Waals surface area contributed by atoms with Gasteiger partial charge in [-0.1, -0.05) is 24.3 Å². The molecule has 0 aliphatic heterocycles. The highest BCUT2D eigenvalue weighted by Gasteiger charge is 2.09.